The second kappa shape index (κ2) is 8.04. The molecule has 120 valence electrons. The summed E-state index contributed by atoms with van der Waals surface area (Å²) in [7, 11) is 0. The largest absolute Gasteiger partial charge is 0.272 e. The van der Waals surface area contributed by atoms with Crippen LogP contribution in [0.4, 0.5) is 0 Å². The molecular weight excluding hydrogens is 332 g/mol. The van der Waals surface area contributed by atoms with Crippen LogP contribution in [0.2, 0.25) is 5.02 Å². The first-order valence-corrected chi connectivity index (χ1v) is 8.30. The van der Waals surface area contributed by atoms with Gasteiger partial charge in [0.25, 0.3) is 11.8 Å². The second-order valence-corrected chi connectivity index (χ2v) is 6.88. The summed E-state index contributed by atoms with van der Waals surface area (Å²) in [5.74, 6) is -0.681. The molecule has 6 heteroatoms. The van der Waals surface area contributed by atoms with Gasteiger partial charge in [0.15, 0.2) is 0 Å². The molecule has 0 heterocycles. The first-order chi connectivity index (χ1) is 11.0. The molecule has 0 unspecified atom stereocenters. The van der Waals surface area contributed by atoms with Gasteiger partial charge in [-0.1, -0.05) is 35.4 Å². The van der Waals surface area contributed by atoms with Gasteiger partial charge in [-0.15, -0.1) is 11.8 Å². The van der Waals surface area contributed by atoms with Crippen molar-refractivity contribution in [3.05, 3.63) is 64.7 Å². The van der Waals surface area contributed by atoms with Crippen LogP contribution in [0, 0.1) is 6.92 Å². The SMILES string of the molecule is Cc1ccc(S[C@H](C)C(=O)NNC(=O)c2cccc(Cl)c2)cc1. The summed E-state index contributed by atoms with van der Waals surface area (Å²) in [4.78, 5) is 25.0. The molecule has 0 aliphatic heterocycles. The number of nitrogens with one attached hydrogen (secondary N) is 2. The van der Waals surface area contributed by atoms with E-state index in [2.05, 4.69) is 10.9 Å². The van der Waals surface area contributed by atoms with Gasteiger partial charge in [-0.3, -0.25) is 20.4 Å². The van der Waals surface area contributed by atoms with Crippen LogP contribution >= 0.6 is 23.4 Å². The summed E-state index contributed by atoms with van der Waals surface area (Å²) in [6.07, 6.45) is 0. The first kappa shape index (κ1) is 17.4. The van der Waals surface area contributed by atoms with Crippen molar-refractivity contribution in [2.75, 3.05) is 0 Å². The van der Waals surface area contributed by atoms with E-state index in [1.165, 1.54) is 23.4 Å². The summed E-state index contributed by atoms with van der Waals surface area (Å²) in [6.45, 7) is 3.79. The minimum atomic E-state index is -0.409. The summed E-state index contributed by atoms with van der Waals surface area (Å²) in [6, 6.07) is 14.4. The number of hydrogen-bond acceptors (Lipinski definition) is 3. The lowest BCUT2D eigenvalue weighted by Gasteiger charge is -2.13. The predicted molar refractivity (Wildman–Crippen MR) is 93.6 cm³/mol. The maximum absolute atomic E-state index is 12.0. The van der Waals surface area contributed by atoms with Crippen LogP contribution in [-0.2, 0) is 4.79 Å². The van der Waals surface area contributed by atoms with Gasteiger partial charge in [0.2, 0.25) is 0 Å². The highest BCUT2D eigenvalue weighted by Crippen LogP contribution is 2.23. The number of benzene rings is 2. The normalized spacial score (nSPS) is 11.6. The Labute approximate surface area is 144 Å². The van der Waals surface area contributed by atoms with E-state index in [0.29, 0.717) is 10.6 Å². The topological polar surface area (TPSA) is 58.2 Å². The van der Waals surface area contributed by atoms with E-state index < -0.39 is 5.91 Å². The molecule has 0 bridgehead atoms. The zero-order chi connectivity index (χ0) is 16.8. The van der Waals surface area contributed by atoms with Crippen LogP contribution in [0.1, 0.15) is 22.8 Å². The number of carbonyl (C=O) groups is 2. The lowest BCUT2D eigenvalue weighted by Crippen LogP contribution is -2.44. The fraction of sp³-hybridized carbons (Fsp3) is 0.176. The number of aryl methyl sites for hydroxylation is 1. The Morgan fingerprint density at radius 2 is 1.78 bits per heavy atom. The second-order valence-electron chi connectivity index (χ2n) is 5.03. The average molecular weight is 349 g/mol. The molecule has 0 aromatic heterocycles. The number of hydrogen-bond donors (Lipinski definition) is 2. The minimum absolute atomic E-state index is 0.272. The lowest BCUT2D eigenvalue weighted by atomic mass is 10.2. The molecule has 0 fully saturated rings. The van der Waals surface area contributed by atoms with Crippen molar-refractivity contribution < 1.29 is 9.59 Å². The van der Waals surface area contributed by atoms with Crippen molar-refractivity contribution in [2.24, 2.45) is 0 Å². The third kappa shape index (κ3) is 5.30. The number of halogens is 1. The van der Waals surface area contributed by atoms with Gasteiger partial charge in [0, 0.05) is 15.5 Å². The molecule has 2 amide bonds. The molecule has 0 spiro atoms. The smallest absolute Gasteiger partial charge is 0.269 e. The van der Waals surface area contributed by atoms with Crippen molar-refractivity contribution in [3.8, 4) is 0 Å². The predicted octanol–water partition coefficient (Wildman–Crippen LogP) is 3.59. The maximum Gasteiger partial charge on any atom is 0.269 e. The van der Waals surface area contributed by atoms with Crippen LogP contribution in [0.15, 0.2) is 53.4 Å². The number of thioether (sulfide) groups is 1. The van der Waals surface area contributed by atoms with Gasteiger partial charge in [-0.25, -0.2) is 0 Å². The van der Waals surface area contributed by atoms with E-state index in [9.17, 15) is 9.59 Å². The van der Waals surface area contributed by atoms with Gasteiger partial charge in [0.05, 0.1) is 5.25 Å². The Kier molecular flexibility index (Phi) is 6.07. The van der Waals surface area contributed by atoms with E-state index in [1.54, 1.807) is 25.1 Å². The zero-order valence-electron chi connectivity index (χ0n) is 12.8. The molecule has 1 atom stereocenters. The van der Waals surface area contributed by atoms with Crippen LogP contribution in [0.25, 0.3) is 0 Å². The molecule has 0 saturated heterocycles. The fourth-order valence-corrected chi connectivity index (χ4v) is 2.85. The van der Waals surface area contributed by atoms with Crippen LogP contribution in [-0.4, -0.2) is 17.1 Å². The third-order valence-electron chi connectivity index (χ3n) is 3.09. The highest BCUT2D eigenvalue weighted by molar-refractivity contribution is 8.00. The Morgan fingerprint density at radius 1 is 1.09 bits per heavy atom. The zero-order valence-corrected chi connectivity index (χ0v) is 14.4. The Bertz CT molecular complexity index is 704. The standard InChI is InChI=1S/C17H17ClN2O2S/c1-11-6-8-15(9-7-11)23-12(2)16(21)19-20-17(22)13-4-3-5-14(18)10-13/h3-10,12H,1-2H3,(H,19,21)(H,20,22)/t12-/m1/s1. The molecule has 4 nitrogen and oxygen atoms in total. The van der Waals surface area contributed by atoms with E-state index in [4.69, 9.17) is 11.6 Å². The number of carbonyl (C=O) groups excluding carboxylic acids is 2. The van der Waals surface area contributed by atoms with Gasteiger partial charge in [0.1, 0.15) is 0 Å². The van der Waals surface area contributed by atoms with E-state index in [-0.39, 0.29) is 11.2 Å². The Hall–Kier alpha value is -1.98. The number of amides is 2. The molecule has 2 aromatic carbocycles. The average Bonchev–Trinajstić information content (AvgIpc) is 2.54. The maximum atomic E-state index is 12.0. The molecule has 0 aliphatic rings. The number of hydrazine groups is 1. The van der Waals surface area contributed by atoms with Crippen molar-refractivity contribution >= 4 is 35.2 Å². The van der Waals surface area contributed by atoms with Crippen molar-refractivity contribution in [1.29, 1.82) is 0 Å². The van der Waals surface area contributed by atoms with Crippen LogP contribution < -0.4 is 10.9 Å². The molecule has 2 aromatic rings. The Balaban J connectivity index is 1.86. The van der Waals surface area contributed by atoms with Gasteiger partial charge >= 0.3 is 0 Å². The lowest BCUT2D eigenvalue weighted by molar-refractivity contribution is -0.121. The van der Waals surface area contributed by atoms with Crippen molar-refractivity contribution in [3.63, 3.8) is 0 Å². The molecule has 0 saturated carbocycles. The molecule has 0 aliphatic carbocycles. The van der Waals surface area contributed by atoms with E-state index in [0.717, 1.165) is 4.90 Å². The monoisotopic (exact) mass is 348 g/mol. The van der Waals surface area contributed by atoms with E-state index >= 15 is 0 Å². The van der Waals surface area contributed by atoms with Gasteiger partial charge < -0.3 is 0 Å². The van der Waals surface area contributed by atoms with E-state index in [1.807, 2.05) is 31.2 Å². The van der Waals surface area contributed by atoms with Crippen molar-refractivity contribution in [2.45, 2.75) is 24.0 Å². The summed E-state index contributed by atoms with van der Waals surface area (Å²) < 4.78 is 0. The van der Waals surface area contributed by atoms with Gasteiger partial charge in [-0.2, -0.15) is 0 Å². The highest BCUT2D eigenvalue weighted by atomic mass is 35.5. The third-order valence-corrected chi connectivity index (χ3v) is 4.44. The summed E-state index contributed by atoms with van der Waals surface area (Å²) in [5, 5.41) is 0.129. The quantitative estimate of drug-likeness (QED) is 0.655. The highest BCUT2D eigenvalue weighted by Gasteiger charge is 2.15. The molecule has 0 radical (unpaired) electrons. The first-order valence-electron chi connectivity index (χ1n) is 7.05. The Morgan fingerprint density at radius 3 is 2.43 bits per heavy atom. The molecule has 2 N–H and O–H groups in total. The molecule has 2 rings (SSSR count). The van der Waals surface area contributed by atoms with Gasteiger partial charge in [-0.05, 0) is 44.2 Å². The fourth-order valence-electron chi connectivity index (χ4n) is 1.80. The summed E-state index contributed by atoms with van der Waals surface area (Å²) >= 11 is 7.26. The minimum Gasteiger partial charge on any atom is -0.272 e. The van der Waals surface area contributed by atoms with Crippen molar-refractivity contribution in [1.82, 2.24) is 10.9 Å². The number of rotatable bonds is 4. The van der Waals surface area contributed by atoms with Crippen LogP contribution in [0.5, 0.6) is 0 Å². The molecule has 23 heavy (non-hydrogen) atoms. The molecular formula is C17H17ClN2O2S. The summed E-state index contributed by atoms with van der Waals surface area (Å²) in [5.41, 5.74) is 6.37. The van der Waals surface area contributed by atoms with Crippen LogP contribution in [0.3, 0.4) is 0 Å².